The molecule has 4 nitrogen and oxygen atoms in total. The Morgan fingerprint density at radius 3 is 2.67 bits per heavy atom. The number of aromatic nitrogens is 2. The monoisotopic (exact) mass is 205 g/mol. The fourth-order valence-electron chi connectivity index (χ4n) is 1.81. The van der Waals surface area contributed by atoms with Crippen LogP contribution in [0.15, 0.2) is 0 Å². The molecule has 0 saturated heterocycles. The number of hydrogen-bond acceptors (Lipinski definition) is 4. The van der Waals surface area contributed by atoms with E-state index in [1.54, 1.807) is 0 Å². The lowest BCUT2D eigenvalue weighted by molar-refractivity contribution is 0.111. The third-order valence-corrected chi connectivity index (χ3v) is 2.62. The van der Waals surface area contributed by atoms with Crippen molar-refractivity contribution in [3.63, 3.8) is 0 Å². The molecule has 0 fully saturated rings. The van der Waals surface area contributed by atoms with Gasteiger partial charge in [-0.3, -0.25) is 9.69 Å². The molecule has 0 aromatic carbocycles. The Balaban J connectivity index is 2.52. The van der Waals surface area contributed by atoms with E-state index in [-0.39, 0.29) is 5.92 Å². The lowest BCUT2D eigenvalue weighted by Gasteiger charge is -2.07. The Morgan fingerprint density at radius 2 is 2.07 bits per heavy atom. The average molecular weight is 205 g/mol. The molecule has 1 aliphatic rings. The first-order valence-electron chi connectivity index (χ1n) is 5.15. The van der Waals surface area contributed by atoms with Gasteiger partial charge in [-0.05, 0) is 7.05 Å². The highest BCUT2D eigenvalue weighted by Crippen LogP contribution is 2.23. The Hall–Kier alpha value is -1.29. The van der Waals surface area contributed by atoms with Crippen molar-refractivity contribution in [1.82, 2.24) is 14.9 Å². The number of fused-ring (bicyclic) bond motifs is 1. The smallest absolute Gasteiger partial charge is 0.168 e. The lowest BCUT2D eigenvalue weighted by atomic mass is 10.1. The van der Waals surface area contributed by atoms with Gasteiger partial charge in [0, 0.05) is 24.6 Å². The zero-order chi connectivity index (χ0) is 11.0. The first-order valence-corrected chi connectivity index (χ1v) is 5.15. The second-order valence-corrected chi connectivity index (χ2v) is 4.34. The van der Waals surface area contributed by atoms with E-state index < -0.39 is 0 Å². The molecule has 2 heterocycles. The molecule has 1 aromatic rings. The summed E-state index contributed by atoms with van der Waals surface area (Å²) in [5.41, 5.74) is 2.57. The number of nitrogens with zero attached hydrogens (tertiary/aromatic N) is 3. The second kappa shape index (κ2) is 3.70. The number of hydrogen-bond donors (Lipinski definition) is 0. The van der Waals surface area contributed by atoms with Crippen molar-refractivity contribution in [2.45, 2.75) is 32.9 Å². The van der Waals surface area contributed by atoms with Crippen LogP contribution in [0.25, 0.3) is 0 Å². The van der Waals surface area contributed by atoms with E-state index in [0.717, 1.165) is 36.5 Å². The van der Waals surface area contributed by atoms with Gasteiger partial charge in [0.25, 0.3) is 0 Å². The van der Waals surface area contributed by atoms with Gasteiger partial charge in [-0.2, -0.15) is 0 Å². The van der Waals surface area contributed by atoms with Crippen molar-refractivity contribution in [2.75, 3.05) is 7.05 Å². The van der Waals surface area contributed by atoms with Gasteiger partial charge in [-0.25, -0.2) is 9.97 Å². The van der Waals surface area contributed by atoms with Crippen LogP contribution < -0.4 is 0 Å². The topological polar surface area (TPSA) is 46.1 Å². The minimum absolute atomic E-state index is 0.264. The number of rotatable bonds is 2. The van der Waals surface area contributed by atoms with E-state index in [2.05, 4.69) is 14.9 Å². The third kappa shape index (κ3) is 1.77. The maximum absolute atomic E-state index is 10.9. The molecule has 15 heavy (non-hydrogen) atoms. The van der Waals surface area contributed by atoms with Crippen molar-refractivity contribution >= 4 is 6.29 Å². The summed E-state index contributed by atoms with van der Waals surface area (Å²) in [6, 6.07) is 0. The first-order chi connectivity index (χ1) is 7.11. The van der Waals surface area contributed by atoms with Gasteiger partial charge in [0.1, 0.15) is 11.5 Å². The summed E-state index contributed by atoms with van der Waals surface area (Å²) >= 11 is 0. The summed E-state index contributed by atoms with van der Waals surface area (Å²) in [6.45, 7) is 5.67. The number of carbonyl (C=O) groups excluding carboxylic acids is 1. The van der Waals surface area contributed by atoms with Crippen molar-refractivity contribution in [3.8, 4) is 0 Å². The van der Waals surface area contributed by atoms with E-state index in [9.17, 15) is 4.79 Å². The van der Waals surface area contributed by atoms with E-state index in [0.29, 0.717) is 5.69 Å². The van der Waals surface area contributed by atoms with Gasteiger partial charge in [0.15, 0.2) is 6.29 Å². The van der Waals surface area contributed by atoms with Gasteiger partial charge >= 0.3 is 0 Å². The highest BCUT2D eigenvalue weighted by molar-refractivity contribution is 5.75. The zero-order valence-electron chi connectivity index (χ0n) is 9.32. The van der Waals surface area contributed by atoms with Gasteiger partial charge in [0.2, 0.25) is 0 Å². The van der Waals surface area contributed by atoms with E-state index in [4.69, 9.17) is 0 Å². The Kier molecular flexibility index (Phi) is 2.52. The minimum atomic E-state index is 0.264. The predicted molar refractivity (Wildman–Crippen MR) is 56.7 cm³/mol. The van der Waals surface area contributed by atoms with Crippen molar-refractivity contribution in [1.29, 1.82) is 0 Å². The third-order valence-electron chi connectivity index (χ3n) is 2.62. The summed E-state index contributed by atoms with van der Waals surface area (Å²) in [6.07, 6.45) is 0.839. The largest absolute Gasteiger partial charge is 0.296 e. The van der Waals surface area contributed by atoms with Crippen LogP contribution in [0.1, 0.15) is 47.3 Å². The number of aldehydes is 1. The maximum atomic E-state index is 10.9. The molecule has 0 saturated carbocycles. The molecule has 0 atom stereocenters. The summed E-state index contributed by atoms with van der Waals surface area (Å²) < 4.78 is 0. The van der Waals surface area contributed by atoms with Crippen LogP contribution in [0, 0.1) is 0 Å². The van der Waals surface area contributed by atoms with Crippen LogP contribution in [0.5, 0.6) is 0 Å². The highest BCUT2D eigenvalue weighted by Gasteiger charge is 2.22. The second-order valence-electron chi connectivity index (χ2n) is 4.34. The van der Waals surface area contributed by atoms with Gasteiger partial charge in [0.05, 0.1) is 5.69 Å². The van der Waals surface area contributed by atoms with Crippen LogP contribution in [-0.4, -0.2) is 28.2 Å². The maximum Gasteiger partial charge on any atom is 0.168 e. The van der Waals surface area contributed by atoms with Gasteiger partial charge in [-0.15, -0.1) is 0 Å². The molecule has 0 amide bonds. The van der Waals surface area contributed by atoms with Gasteiger partial charge < -0.3 is 0 Å². The fraction of sp³-hybridized carbons (Fsp3) is 0.545. The van der Waals surface area contributed by atoms with Crippen LogP contribution in [0.4, 0.5) is 0 Å². The molecule has 0 unspecified atom stereocenters. The van der Waals surface area contributed by atoms with Gasteiger partial charge in [-0.1, -0.05) is 13.8 Å². The Morgan fingerprint density at radius 1 is 1.33 bits per heavy atom. The van der Waals surface area contributed by atoms with E-state index in [1.165, 1.54) is 0 Å². The summed E-state index contributed by atoms with van der Waals surface area (Å²) in [5, 5.41) is 0. The molecule has 0 N–H and O–H groups in total. The summed E-state index contributed by atoms with van der Waals surface area (Å²) in [5.74, 6) is 1.03. The Labute approximate surface area is 89.3 Å². The molecule has 0 radical (unpaired) electrons. The van der Waals surface area contributed by atoms with Crippen LogP contribution in [0.3, 0.4) is 0 Å². The quantitative estimate of drug-likeness (QED) is 0.684. The molecule has 0 bridgehead atoms. The van der Waals surface area contributed by atoms with Crippen LogP contribution in [-0.2, 0) is 13.1 Å². The van der Waals surface area contributed by atoms with Crippen molar-refractivity contribution in [2.24, 2.45) is 0 Å². The lowest BCUT2D eigenvalue weighted by Crippen LogP contribution is -2.08. The van der Waals surface area contributed by atoms with Crippen molar-refractivity contribution in [3.05, 3.63) is 22.8 Å². The summed E-state index contributed by atoms with van der Waals surface area (Å²) in [7, 11) is 2.02. The molecule has 1 aromatic heterocycles. The fourth-order valence-corrected chi connectivity index (χ4v) is 1.81. The number of carbonyl (C=O) groups is 1. The normalized spacial score (nSPS) is 15.7. The molecular formula is C11H15N3O. The molecule has 80 valence electrons. The SMILES string of the molecule is CC(C)c1nc(C=O)c2c(n1)CN(C)C2. The average Bonchev–Trinajstić information content (AvgIpc) is 2.56. The standard InChI is InChI=1S/C11H15N3O/c1-7(2)11-12-9-5-14(3)4-8(9)10(6-15)13-11/h6-7H,4-5H2,1-3H3. The molecule has 2 rings (SSSR count). The minimum Gasteiger partial charge on any atom is -0.296 e. The molecule has 1 aliphatic heterocycles. The predicted octanol–water partition coefficient (Wildman–Crippen LogP) is 1.36. The van der Waals surface area contributed by atoms with Crippen LogP contribution >= 0.6 is 0 Å². The molecule has 0 spiro atoms. The highest BCUT2D eigenvalue weighted by atomic mass is 16.1. The molecule has 0 aliphatic carbocycles. The Bertz CT molecular complexity index is 401. The summed E-state index contributed by atoms with van der Waals surface area (Å²) in [4.78, 5) is 21.9. The van der Waals surface area contributed by atoms with E-state index >= 15 is 0 Å². The molecule has 4 heteroatoms. The molecular weight excluding hydrogens is 190 g/mol. The van der Waals surface area contributed by atoms with Crippen molar-refractivity contribution < 1.29 is 4.79 Å². The zero-order valence-corrected chi connectivity index (χ0v) is 9.32. The van der Waals surface area contributed by atoms with E-state index in [1.807, 2.05) is 20.9 Å². The first kappa shape index (κ1) is 10.2. The van der Waals surface area contributed by atoms with Crippen LogP contribution in [0.2, 0.25) is 0 Å².